The van der Waals surface area contributed by atoms with Crippen LogP contribution in [0.25, 0.3) is 0 Å². The minimum atomic E-state index is -0.885. The smallest absolute Gasteiger partial charge is 0.240 e. The van der Waals surface area contributed by atoms with Crippen LogP contribution in [0.1, 0.15) is 38.5 Å². The molecule has 0 atom stereocenters. The minimum Gasteiger partial charge on any atom is -0.495 e. The molecule has 1 aromatic rings. The molecule has 0 aromatic heterocycles. The summed E-state index contributed by atoms with van der Waals surface area (Å²) in [7, 11) is 1.56. The van der Waals surface area contributed by atoms with Gasteiger partial charge in [-0.05, 0) is 37.8 Å². The van der Waals surface area contributed by atoms with Crippen molar-refractivity contribution in [3.63, 3.8) is 0 Å². The number of hydrogen-bond donors (Lipinski definition) is 2. The molecule has 0 bridgehead atoms. The van der Waals surface area contributed by atoms with E-state index in [1.165, 1.54) is 0 Å². The fourth-order valence-corrected chi connectivity index (χ4v) is 3.07. The maximum Gasteiger partial charge on any atom is 0.240 e. The van der Waals surface area contributed by atoms with Crippen molar-refractivity contribution in [3.8, 4) is 5.75 Å². The molecular weight excluding hydrogens is 280 g/mol. The van der Waals surface area contributed by atoms with Gasteiger partial charge in [-0.15, -0.1) is 0 Å². The molecule has 22 heavy (non-hydrogen) atoms. The van der Waals surface area contributed by atoms with Crippen LogP contribution >= 0.6 is 0 Å². The van der Waals surface area contributed by atoms with Crippen LogP contribution in [0.4, 0.5) is 5.69 Å². The molecule has 2 amide bonds. The molecule has 118 valence electrons. The van der Waals surface area contributed by atoms with Crippen molar-refractivity contribution in [1.82, 2.24) is 5.32 Å². The van der Waals surface area contributed by atoms with Crippen molar-refractivity contribution in [2.24, 2.45) is 5.41 Å². The molecule has 2 aliphatic carbocycles. The van der Waals surface area contributed by atoms with Crippen molar-refractivity contribution in [2.75, 3.05) is 12.4 Å². The van der Waals surface area contributed by atoms with E-state index in [1.807, 2.05) is 12.1 Å². The third kappa shape index (κ3) is 2.80. The summed E-state index contributed by atoms with van der Waals surface area (Å²) in [6.45, 7) is 0. The number of carbonyl (C=O) groups is 2. The van der Waals surface area contributed by atoms with Gasteiger partial charge in [-0.3, -0.25) is 9.59 Å². The maximum atomic E-state index is 12.6. The normalized spacial score (nSPS) is 19.5. The third-order valence-corrected chi connectivity index (χ3v) is 4.66. The molecule has 3 rings (SSSR count). The molecule has 2 aliphatic rings. The number of amides is 2. The number of benzene rings is 1. The first-order valence-electron chi connectivity index (χ1n) is 7.91. The monoisotopic (exact) mass is 302 g/mol. The molecule has 0 aliphatic heterocycles. The average molecular weight is 302 g/mol. The number of anilines is 1. The Labute approximate surface area is 130 Å². The Balaban J connectivity index is 1.67. The predicted molar refractivity (Wildman–Crippen MR) is 83.7 cm³/mol. The van der Waals surface area contributed by atoms with Gasteiger partial charge in [0.1, 0.15) is 11.2 Å². The van der Waals surface area contributed by atoms with Crippen molar-refractivity contribution < 1.29 is 14.3 Å². The summed E-state index contributed by atoms with van der Waals surface area (Å²) < 4.78 is 5.23. The average Bonchev–Trinajstić information content (AvgIpc) is 3.20. The van der Waals surface area contributed by atoms with E-state index in [1.54, 1.807) is 19.2 Å². The van der Waals surface area contributed by atoms with Crippen LogP contribution in [-0.4, -0.2) is 25.0 Å². The Morgan fingerprint density at radius 2 is 1.82 bits per heavy atom. The first-order valence-corrected chi connectivity index (χ1v) is 7.91. The van der Waals surface area contributed by atoms with E-state index in [-0.39, 0.29) is 17.9 Å². The lowest BCUT2D eigenvalue weighted by atomic mass is 10.0. The van der Waals surface area contributed by atoms with Gasteiger partial charge in [-0.1, -0.05) is 25.0 Å². The zero-order valence-corrected chi connectivity index (χ0v) is 12.9. The lowest BCUT2D eigenvalue weighted by Crippen LogP contribution is -2.43. The van der Waals surface area contributed by atoms with Crippen LogP contribution in [0.2, 0.25) is 0 Å². The van der Waals surface area contributed by atoms with Gasteiger partial charge in [0.05, 0.1) is 12.8 Å². The SMILES string of the molecule is COc1ccccc1NC(=O)C1(C(=O)NC2CCCC2)CC1. The van der Waals surface area contributed by atoms with Gasteiger partial charge in [0.25, 0.3) is 0 Å². The van der Waals surface area contributed by atoms with Gasteiger partial charge in [0.2, 0.25) is 11.8 Å². The van der Waals surface area contributed by atoms with Gasteiger partial charge < -0.3 is 15.4 Å². The molecule has 0 heterocycles. The molecule has 0 spiro atoms. The van der Waals surface area contributed by atoms with Crippen LogP contribution < -0.4 is 15.4 Å². The van der Waals surface area contributed by atoms with Crippen molar-refractivity contribution >= 4 is 17.5 Å². The summed E-state index contributed by atoms with van der Waals surface area (Å²) in [5, 5.41) is 5.89. The van der Waals surface area contributed by atoms with E-state index in [2.05, 4.69) is 10.6 Å². The minimum absolute atomic E-state index is 0.119. The van der Waals surface area contributed by atoms with Crippen molar-refractivity contribution in [3.05, 3.63) is 24.3 Å². The van der Waals surface area contributed by atoms with Crippen LogP contribution in [0, 0.1) is 5.41 Å². The lowest BCUT2D eigenvalue weighted by molar-refractivity contribution is -0.134. The Bertz CT molecular complexity index is 575. The first kappa shape index (κ1) is 14.9. The summed E-state index contributed by atoms with van der Waals surface area (Å²) in [4.78, 5) is 25.0. The van der Waals surface area contributed by atoms with Gasteiger partial charge in [0.15, 0.2) is 0 Å². The van der Waals surface area contributed by atoms with E-state index >= 15 is 0 Å². The maximum absolute atomic E-state index is 12.6. The topological polar surface area (TPSA) is 67.4 Å². The molecule has 5 heteroatoms. The van der Waals surface area contributed by atoms with Crippen LogP contribution in [-0.2, 0) is 9.59 Å². The molecular formula is C17H22N2O3. The molecule has 2 fully saturated rings. The third-order valence-electron chi connectivity index (χ3n) is 4.66. The largest absolute Gasteiger partial charge is 0.495 e. The van der Waals surface area contributed by atoms with E-state index in [4.69, 9.17) is 4.74 Å². The Morgan fingerprint density at radius 1 is 1.14 bits per heavy atom. The summed E-state index contributed by atoms with van der Waals surface area (Å²) in [6.07, 6.45) is 5.60. The predicted octanol–water partition coefficient (Wildman–Crippen LogP) is 2.47. The fourth-order valence-electron chi connectivity index (χ4n) is 3.07. The van der Waals surface area contributed by atoms with Crippen LogP contribution in [0.3, 0.4) is 0 Å². The molecule has 0 unspecified atom stereocenters. The summed E-state index contributed by atoms with van der Waals surface area (Å²) in [5.41, 5.74) is -0.279. The Kier molecular flexibility index (Phi) is 4.05. The fraction of sp³-hybridized carbons (Fsp3) is 0.529. The van der Waals surface area contributed by atoms with Gasteiger partial charge >= 0.3 is 0 Å². The Hall–Kier alpha value is -2.04. The van der Waals surface area contributed by atoms with E-state index in [0.717, 1.165) is 25.7 Å². The van der Waals surface area contributed by atoms with Crippen LogP contribution in [0.15, 0.2) is 24.3 Å². The highest BCUT2D eigenvalue weighted by Crippen LogP contribution is 2.47. The molecule has 2 N–H and O–H groups in total. The lowest BCUT2D eigenvalue weighted by Gasteiger charge is -2.19. The molecule has 0 saturated heterocycles. The van der Waals surface area contributed by atoms with E-state index in [9.17, 15) is 9.59 Å². The number of nitrogens with one attached hydrogen (secondary N) is 2. The molecule has 5 nitrogen and oxygen atoms in total. The number of carbonyl (C=O) groups excluding carboxylic acids is 2. The second-order valence-electron chi connectivity index (χ2n) is 6.19. The van der Waals surface area contributed by atoms with E-state index in [0.29, 0.717) is 24.3 Å². The highest BCUT2D eigenvalue weighted by atomic mass is 16.5. The number of hydrogen-bond acceptors (Lipinski definition) is 3. The number of methoxy groups -OCH3 is 1. The summed E-state index contributed by atoms with van der Waals surface area (Å²) in [5.74, 6) is 0.252. The molecule has 1 aromatic carbocycles. The van der Waals surface area contributed by atoms with Crippen LogP contribution in [0.5, 0.6) is 5.75 Å². The highest BCUT2D eigenvalue weighted by Gasteiger charge is 2.57. The molecule has 2 saturated carbocycles. The zero-order chi connectivity index (χ0) is 15.6. The quantitative estimate of drug-likeness (QED) is 0.821. The van der Waals surface area contributed by atoms with Crippen molar-refractivity contribution in [1.29, 1.82) is 0 Å². The summed E-state index contributed by atoms with van der Waals surface area (Å²) >= 11 is 0. The zero-order valence-electron chi connectivity index (χ0n) is 12.9. The number of rotatable bonds is 5. The van der Waals surface area contributed by atoms with Gasteiger partial charge in [0, 0.05) is 6.04 Å². The number of para-hydroxylation sites is 2. The van der Waals surface area contributed by atoms with Gasteiger partial charge in [-0.25, -0.2) is 0 Å². The molecule has 0 radical (unpaired) electrons. The van der Waals surface area contributed by atoms with Gasteiger partial charge in [-0.2, -0.15) is 0 Å². The van der Waals surface area contributed by atoms with Crippen molar-refractivity contribution in [2.45, 2.75) is 44.6 Å². The summed E-state index contributed by atoms with van der Waals surface area (Å²) in [6, 6.07) is 7.48. The Morgan fingerprint density at radius 3 is 2.45 bits per heavy atom. The van der Waals surface area contributed by atoms with E-state index < -0.39 is 5.41 Å². The standard InChI is InChI=1S/C17H22N2O3/c1-22-14-9-5-4-8-13(14)19-16(21)17(10-11-17)15(20)18-12-6-2-3-7-12/h4-5,8-9,12H,2-3,6-7,10-11H2,1H3,(H,18,20)(H,19,21). The second-order valence-corrected chi connectivity index (χ2v) is 6.19. The number of ether oxygens (including phenoxy) is 1. The first-order chi connectivity index (χ1) is 10.7. The highest BCUT2D eigenvalue weighted by molar-refractivity contribution is 6.13. The second kappa shape index (κ2) is 5.99.